The maximum absolute atomic E-state index is 13.3. The molecule has 33 heavy (non-hydrogen) atoms. The Balaban J connectivity index is 1.93. The molecule has 1 amide bonds. The van der Waals surface area contributed by atoms with Crippen molar-refractivity contribution in [1.29, 1.82) is 0 Å². The summed E-state index contributed by atoms with van der Waals surface area (Å²) in [5.74, 6) is -0.707. The van der Waals surface area contributed by atoms with Crippen molar-refractivity contribution in [3.8, 4) is 0 Å². The minimum absolute atomic E-state index is 0.0000329. The average Bonchev–Trinajstić information content (AvgIpc) is 2.80. The van der Waals surface area contributed by atoms with Gasteiger partial charge < -0.3 is 15.0 Å². The summed E-state index contributed by atoms with van der Waals surface area (Å²) >= 11 is 0. The zero-order chi connectivity index (χ0) is 24.2. The lowest BCUT2D eigenvalue weighted by Crippen LogP contribution is -2.40. The van der Waals surface area contributed by atoms with Crippen LogP contribution in [0.2, 0.25) is 0 Å². The van der Waals surface area contributed by atoms with E-state index >= 15 is 0 Å². The molecule has 1 aliphatic heterocycles. The average molecular weight is 486 g/mol. The summed E-state index contributed by atoms with van der Waals surface area (Å²) in [5, 5.41) is 2.54. The number of hydrogen-bond acceptors (Lipinski definition) is 5. The molecule has 1 saturated heterocycles. The molecule has 0 aromatic heterocycles. The van der Waals surface area contributed by atoms with E-state index in [1.807, 2.05) is 18.7 Å². The summed E-state index contributed by atoms with van der Waals surface area (Å²) in [6, 6.07) is 8.64. The highest BCUT2D eigenvalue weighted by Gasteiger charge is 2.32. The first-order chi connectivity index (χ1) is 15.6. The fraction of sp³-hybridized carbons (Fsp3) is 0.409. The van der Waals surface area contributed by atoms with E-state index in [-0.39, 0.29) is 42.4 Å². The topological polar surface area (TPSA) is 79.0 Å². The number of alkyl halides is 3. The normalized spacial score (nSPS) is 15.3. The number of carbonyl (C=O) groups excluding carboxylic acids is 1. The molecule has 0 atom stereocenters. The van der Waals surface area contributed by atoms with Gasteiger partial charge in [-0.2, -0.15) is 17.5 Å². The van der Waals surface area contributed by atoms with Gasteiger partial charge in [-0.1, -0.05) is 6.07 Å². The molecular weight excluding hydrogens is 459 g/mol. The molecule has 7 nitrogen and oxygen atoms in total. The third kappa shape index (κ3) is 5.66. The van der Waals surface area contributed by atoms with Crippen LogP contribution in [0.5, 0.6) is 0 Å². The number of halogens is 3. The Hall–Kier alpha value is -2.63. The van der Waals surface area contributed by atoms with Crippen LogP contribution in [0.1, 0.15) is 29.8 Å². The summed E-state index contributed by atoms with van der Waals surface area (Å²) in [6.45, 7) is 5.73. The van der Waals surface area contributed by atoms with E-state index in [2.05, 4.69) is 5.32 Å². The molecule has 0 saturated carbocycles. The number of hydrogen-bond donors (Lipinski definition) is 1. The van der Waals surface area contributed by atoms with Crippen LogP contribution in [0.25, 0.3) is 0 Å². The second kappa shape index (κ2) is 10.1. The Bertz CT molecular complexity index is 1100. The third-order valence-corrected chi connectivity index (χ3v) is 7.27. The van der Waals surface area contributed by atoms with E-state index in [0.717, 1.165) is 12.1 Å². The van der Waals surface area contributed by atoms with Gasteiger partial charge in [0.25, 0.3) is 5.91 Å². The molecule has 0 spiro atoms. The Kier molecular flexibility index (Phi) is 7.65. The number of carbonyl (C=O) groups is 1. The zero-order valence-electron chi connectivity index (χ0n) is 18.4. The zero-order valence-corrected chi connectivity index (χ0v) is 19.2. The van der Waals surface area contributed by atoms with Crippen LogP contribution < -0.4 is 10.2 Å². The summed E-state index contributed by atoms with van der Waals surface area (Å²) in [4.78, 5) is 14.7. The van der Waals surface area contributed by atoms with E-state index in [9.17, 15) is 26.4 Å². The highest BCUT2D eigenvalue weighted by Crippen LogP contribution is 2.35. The number of nitrogens with one attached hydrogen (secondary N) is 1. The van der Waals surface area contributed by atoms with E-state index in [4.69, 9.17) is 4.74 Å². The first-order valence-electron chi connectivity index (χ1n) is 10.5. The molecule has 11 heteroatoms. The second-order valence-electron chi connectivity index (χ2n) is 7.40. The highest BCUT2D eigenvalue weighted by atomic mass is 32.2. The van der Waals surface area contributed by atoms with Gasteiger partial charge >= 0.3 is 6.18 Å². The Labute approximate surface area is 191 Å². The molecule has 2 aromatic rings. The Morgan fingerprint density at radius 1 is 1.09 bits per heavy atom. The molecular formula is C22H26F3N3O4S. The SMILES string of the molecule is CCN(CC)c1ccc(C(F)(F)F)cc1NC(=O)c1cccc(S(=O)(=O)N2CCOCC2)c1. The summed E-state index contributed by atoms with van der Waals surface area (Å²) < 4.78 is 72.1. The van der Waals surface area contributed by atoms with Gasteiger partial charge in [0.1, 0.15) is 0 Å². The number of nitrogens with zero attached hydrogens (tertiary/aromatic N) is 2. The minimum atomic E-state index is -4.58. The Morgan fingerprint density at radius 3 is 2.36 bits per heavy atom. The molecule has 1 aliphatic rings. The van der Waals surface area contributed by atoms with Gasteiger partial charge in [-0.3, -0.25) is 4.79 Å². The molecule has 2 aromatic carbocycles. The molecule has 1 heterocycles. The molecule has 0 radical (unpaired) electrons. The van der Waals surface area contributed by atoms with Crippen LogP contribution >= 0.6 is 0 Å². The van der Waals surface area contributed by atoms with Crippen molar-refractivity contribution in [2.75, 3.05) is 49.6 Å². The van der Waals surface area contributed by atoms with Crippen molar-refractivity contribution in [3.05, 3.63) is 53.6 Å². The molecule has 180 valence electrons. The van der Waals surface area contributed by atoms with Crippen LogP contribution in [0.15, 0.2) is 47.4 Å². The number of ether oxygens (including phenoxy) is 1. The van der Waals surface area contributed by atoms with E-state index in [0.29, 0.717) is 18.8 Å². The predicted octanol–water partition coefficient (Wildman–Crippen LogP) is 3.82. The maximum Gasteiger partial charge on any atom is 0.416 e. The molecule has 0 unspecified atom stereocenters. The Morgan fingerprint density at radius 2 is 1.76 bits per heavy atom. The first-order valence-corrected chi connectivity index (χ1v) is 12.0. The van der Waals surface area contributed by atoms with Crippen LogP contribution in [-0.4, -0.2) is 58.0 Å². The molecule has 1 N–H and O–H groups in total. The summed E-state index contributed by atoms with van der Waals surface area (Å²) in [5.41, 5.74) is -0.428. The van der Waals surface area contributed by atoms with Gasteiger partial charge in [-0.05, 0) is 50.2 Å². The van der Waals surface area contributed by atoms with Gasteiger partial charge in [-0.15, -0.1) is 0 Å². The van der Waals surface area contributed by atoms with Crippen molar-refractivity contribution in [1.82, 2.24) is 4.31 Å². The van der Waals surface area contributed by atoms with Gasteiger partial charge in [0.2, 0.25) is 10.0 Å². The highest BCUT2D eigenvalue weighted by molar-refractivity contribution is 7.89. The van der Waals surface area contributed by atoms with Crippen molar-refractivity contribution >= 4 is 27.3 Å². The lowest BCUT2D eigenvalue weighted by molar-refractivity contribution is -0.137. The largest absolute Gasteiger partial charge is 0.416 e. The van der Waals surface area contributed by atoms with Gasteiger partial charge in [0.05, 0.1) is 35.0 Å². The smallest absolute Gasteiger partial charge is 0.379 e. The molecule has 0 bridgehead atoms. The monoisotopic (exact) mass is 485 g/mol. The molecule has 3 rings (SSSR count). The lowest BCUT2D eigenvalue weighted by Gasteiger charge is -2.26. The van der Waals surface area contributed by atoms with E-state index < -0.39 is 27.7 Å². The molecule has 1 fully saturated rings. The second-order valence-corrected chi connectivity index (χ2v) is 9.34. The summed E-state index contributed by atoms with van der Waals surface area (Å²) in [6.07, 6.45) is -4.58. The maximum atomic E-state index is 13.3. The number of morpholine rings is 1. The van der Waals surface area contributed by atoms with Crippen LogP contribution in [0, 0.1) is 0 Å². The number of sulfonamides is 1. The van der Waals surface area contributed by atoms with Gasteiger partial charge in [0.15, 0.2) is 0 Å². The first kappa shape index (κ1) is 25.0. The van der Waals surface area contributed by atoms with Crippen molar-refractivity contribution in [2.24, 2.45) is 0 Å². The van der Waals surface area contributed by atoms with E-state index in [1.54, 1.807) is 0 Å². The van der Waals surface area contributed by atoms with Gasteiger partial charge in [-0.25, -0.2) is 8.42 Å². The lowest BCUT2D eigenvalue weighted by atomic mass is 10.1. The standard InChI is InChI=1S/C22H26F3N3O4S/c1-3-27(4-2)20-9-8-17(22(23,24)25)15-19(20)26-21(29)16-6-5-7-18(14-16)33(30,31)28-10-12-32-13-11-28/h5-9,14-15H,3-4,10-13H2,1-2H3,(H,26,29). The van der Waals surface area contributed by atoms with Gasteiger partial charge in [0, 0.05) is 31.7 Å². The number of anilines is 2. The number of benzene rings is 2. The fourth-order valence-corrected chi connectivity index (χ4v) is 5.04. The minimum Gasteiger partial charge on any atom is -0.379 e. The van der Waals surface area contributed by atoms with Crippen molar-refractivity contribution < 1.29 is 31.1 Å². The summed E-state index contributed by atoms with van der Waals surface area (Å²) in [7, 11) is -3.83. The van der Waals surface area contributed by atoms with Crippen LogP contribution in [0.3, 0.4) is 0 Å². The van der Waals surface area contributed by atoms with Crippen molar-refractivity contribution in [2.45, 2.75) is 24.9 Å². The number of amides is 1. The van der Waals surface area contributed by atoms with Crippen molar-refractivity contribution in [3.63, 3.8) is 0 Å². The molecule has 0 aliphatic carbocycles. The predicted molar refractivity (Wildman–Crippen MR) is 119 cm³/mol. The number of rotatable bonds is 7. The quantitative estimate of drug-likeness (QED) is 0.645. The van der Waals surface area contributed by atoms with Crippen LogP contribution in [0.4, 0.5) is 24.5 Å². The fourth-order valence-electron chi connectivity index (χ4n) is 3.58. The van der Waals surface area contributed by atoms with Crippen LogP contribution in [-0.2, 0) is 20.9 Å². The third-order valence-electron chi connectivity index (χ3n) is 5.38. The van der Waals surface area contributed by atoms with E-state index in [1.165, 1.54) is 34.6 Å².